The molecule has 7 heteroatoms. The number of amides is 1. The molecular weight excluding hydrogens is 320 g/mol. The third-order valence-electron chi connectivity index (χ3n) is 3.71. The van der Waals surface area contributed by atoms with E-state index in [-0.39, 0.29) is 18.1 Å². The van der Waals surface area contributed by atoms with Crippen LogP contribution in [0, 0.1) is 0 Å². The first-order valence-corrected chi connectivity index (χ1v) is 7.76. The molecule has 0 radical (unpaired) electrons. The van der Waals surface area contributed by atoms with Gasteiger partial charge in [0.1, 0.15) is 0 Å². The standard InChI is InChI=1S/C18H18N4O3/c1-25-17-10-13(6-7-16(17)23)11-20-21-18(24)8-9-22-12-19-14-4-2-3-5-15(14)22/h2-7,10-12,23H,8-9H2,1H3,(H,21,24)/b20-11+. The lowest BCUT2D eigenvalue weighted by Gasteiger charge is -2.04. The summed E-state index contributed by atoms with van der Waals surface area (Å²) in [6.07, 6.45) is 3.51. The molecule has 0 aliphatic carbocycles. The van der Waals surface area contributed by atoms with Gasteiger partial charge < -0.3 is 14.4 Å². The van der Waals surface area contributed by atoms with Gasteiger partial charge in [-0.1, -0.05) is 12.1 Å². The number of hydrazone groups is 1. The fourth-order valence-electron chi connectivity index (χ4n) is 2.42. The SMILES string of the molecule is COc1cc(/C=N/NC(=O)CCn2cnc3ccccc32)ccc1O. The normalized spacial score (nSPS) is 11.1. The summed E-state index contributed by atoms with van der Waals surface area (Å²) >= 11 is 0. The van der Waals surface area contributed by atoms with Crippen molar-refractivity contribution in [2.24, 2.45) is 5.10 Å². The molecule has 1 heterocycles. The Morgan fingerprint density at radius 1 is 1.36 bits per heavy atom. The number of phenolic OH excluding ortho intramolecular Hbond substituents is 1. The zero-order valence-electron chi connectivity index (χ0n) is 13.7. The number of para-hydroxylation sites is 2. The number of phenols is 1. The average molecular weight is 338 g/mol. The number of hydrogen-bond acceptors (Lipinski definition) is 5. The van der Waals surface area contributed by atoms with Gasteiger partial charge in [-0.25, -0.2) is 10.4 Å². The van der Waals surface area contributed by atoms with Crippen LogP contribution in [0.1, 0.15) is 12.0 Å². The van der Waals surface area contributed by atoms with Crippen molar-refractivity contribution in [1.29, 1.82) is 0 Å². The number of nitrogens with one attached hydrogen (secondary N) is 1. The second-order valence-corrected chi connectivity index (χ2v) is 5.40. The summed E-state index contributed by atoms with van der Waals surface area (Å²) in [6, 6.07) is 12.6. The van der Waals surface area contributed by atoms with Crippen LogP contribution in [-0.2, 0) is 11.3 Å². The number of fused-ring (bicyclic) bond motifs is 1. The van der Waals surface area contributed by atoms with Gasteiger partial charge in [-0.05, 0) is 35.9 Å². The molecule has 0 spiro atoms. The summed E-state index contributed by atoms with van der Waals surface area (Å²) in [5.41, 5.74) is 5.09. The van der Waals surface area contributed by atoms with Crippen LogP contribution < -0.4 is 10.2 Å². The number of aryl methyl sites for hydroxylation is 1. The van der Waals surface area contributed by atoms with Gasteiger partial charge in [-0.15, -0.1) is 0 Å². The van der Waals surface area contributed by atoms with E-state index in [9.17, 15) is 9.90 Å². The lowest BCUT2D eigenvalue weighted by molar-refractivity contribution is -0.121. The molecular formula is C18H18N4O3. The van der Waals surface area contributed by atoms with E-state index in [2.05, 4.69) is 15.5 Å². The van der Waals surface area contributed by atoms with E-state index in [1.807, 2.05) is 28.8 Å². The molecule has 1 aromatic heterocycles. The van der Waals surface area contributed by atoms with E-state index in [0.29, 0.717) is 17.9 Å². The fourth-order valence-corrected chi connectivity index (χ4v) is 2.42. The van der Waals surface area contributed by atoms with E-state index in [1.54, 1.807) is 18.5 Å². The van der Waals surface area contributed by atoms with Crippen LogP contribution in [0.4, 0.5) is 0 Å². The highest BCUT2D eigenvalue weighted by atomic mass is 16.5. The summed E-state index contributed by atoms with van der Waals surface area (Å²) in [4.78, 5) is 16.2. The van der Waals surface area contributed by atoms with E-state index >= 15 is 0 Å². The minimum absolute atomic E-state index is 0.0521. The highest BCUT2D eigenvalue weighted by Crippen LogP contribution is 2.25. The number of carbonyl (C=O) groups is 1. The van der Waals surface area contributed by atoms with Gasteiger partial charge in [0.15, 0.2) is 11.5 Å². The van der Waals surface area contributed by atoms with Crippen molar-refractivity contribution in [3.8, 4) is 11.5 Å². The Morgan fingerprint density at radius 2 is 2.20 bits per heavy atom. The molecule has 25 heavy (non-hydrogen) atoms. The molecule has 0 fully saturated rings. The van der Waals surface area contributed by atoms with Crippen molar-refractivity contribution in [3.63, 3.8) is 0 Å². The molecule has 3 rings (SSSR count). The number of benzene rings is 2. The Kier molecular flexibility index (Phi) is 4.94. The van der Waals surface area contributed by atoms with Crippen LogP contribution >= 0.6 is 0 Å². The molecule has 128 valence electrons. The molecule has 2 N–H and O–H groups in total. The van der Waals surface area contributed by atoms with Gasteiger partial charge in [-0.2, -0.15) is 5.10 Å². The van der Waals surface area contributed by atoms with E-state index in [1.165, 1.54) is 19.4 Å². The van der Waals surface area contributed by atoms with Gasteiger partial charge in [0.2, 0.25) is 5.91 Å². The minimum Gasteiger partial charge on any atom is -0.504 e. The Morgan fingerprint density at radius 3 is 3.04 bits per heavy atom. The molecule has 0 atom stereocenters. The largest absolute Gasteiger partial charge is 0.504 e. The number of ether oxygens (including phenoxy) is 1. The second kappa shape index (κ2) is 7.48. The maximum atomic E-state index is 11.9. The molecule has 0 saturated carbocycles. The number of hydrogen-bond donors (Lipinski definition) is 2. The predicted octanol–water partition coefficient (Wildman–Crippen LogP) is 2.29. The van der Waals surface area contributed by atoms with Crippen LogP contribution in [0.25, 0.3) is 11.0 Å². The van der Waals surface area contributed by atoms with Crippen molar-refractivity contribution in [3.05, 3.63) is 54.4 Å². The van der Waals surface area contributed by atoms with Crippen LogP contribution in [0.5, 0.6) is 11.5 Å². The van der Waals surface area contributed by atoms with Gasteiger partial charge in [0, 0.05) is 13.0 Å². The first kappa shape index (κ1) is 16.5. The molecule has 1 amide bonds. The summed E-state index contributed by atoms with van der Waals surface area (Å²) < 4.78 is 6.95. The Labute approximate surface area is 144 Å². The molecule has 0 aliphatic rings. The second-order valence-electron chi connectivity index (χ2n) is 5.40. The Balaban J connectivity index is 1.54. The number of carbonyl (C=O) groups excluding carboxylic acids is 1. The van der Waals surface area contributed by atoms with Crippen molar-refractivity contribution < 1.29 is 14.6 Å². The summed E-state index contributed by atoms with van der Waals surface area (Å²) in [6.45, 7) is 0.523. The zero-order valence-corrected chi connectivity index (χ0v) is 13.7. The maximum Gasteiger partial charge on any atom is 0.241 e. The lowest BCUT2D eigenvalue weighted by Crippen LogP contribution is -2.19. The molecule has 2 aromatic carbocycles. The smallest absolute Gasteiger partial charge is 0.241 e. The number of rotatable bonds is 6. The van der Waals surface area contributed by atoms with Crippen molar-refractivity contribution in [2.45, 2.75) is 13.0 Å². The first-order chi connectivity index (χ1) is 12.2. The number of aromatic nitrogens is 2. The summed E-state index contributed by atoms with van der Waals surface area (Å²) in [5.74, 6) is 0.207. The van der Waals surface area contributed by atoms with Crippen molar-refractivity contribution in [2.75, 3.05) is 7.11 Å². The highest BCUT2D eigenvalue weighted by Gasteiger charge is 2.05. The van der Waals surface area contributed by atoms with Gasteiger partial charge >= 0.3 is 0 Å². The third kappa shape index (κ3) is 3.95. The number of aromatic hydroxyl groups is 1. The monoisotopic (exact) mass is 338 g/mol. The number of methoxy groups -OCH3 is 1. The van der Waals surface area contributed by atoms with Crippen molar-refractivity contribution in [1.82, 2.24) is 15.0 Å². The maximum absolute atomic E-state index is 11.9. The number of imidazole rings is 1. The van der Waals surface area contributed by atoms with Gasteiger partial charge in [0.05, 0.1) is 30.7 Å². The molecule has 7 nitrogen and oxygen atoms in total. The fraction of sp³-hybridized carbons (Fsp3) is 0.167. The van der Waals surface area contributed by atoms with E-state index < -0.39 is 0 Å². The number of nitrogens with zero attached hydrogens (tertiary/aromatic N) is 3. The van der Waals surface area contributed by atoms with Gasteiger partial charge in [-0.3, -0.25) is 4.79 Å². The highest BCUT2D eigenvalue weighted by molar-refractivity contribution is 5.83. The topological polar surface area (TPSA) is 88.7 Å². The molecule has 3 aromatic rings. The van der Waals surface area contributed by atoms with Crippen LogP contribution in [-0.4, -0.2) is 33.9 Å². The van der Waals surface area contributed by atoms with Crippen LogP contribution in [0.15, 0.2) is 53.9 Å². The van der Waals surface area contributed by atoms with Crippen molar-refractivity contribution >= 4 is 23.2 Å². The molecule has 0 bridgehead atoms. The Hall–Kier alpha value is -3.35. The quantitative estimate of drug-likeness (QED) is 0.533. The first-order valence-electron chi connectivity index (χ1n) is 7.76. The minimum atomic E-state index is -0.195. The molecule has 0 saturated heterocycles. The van der Waals surface area contributed by atoms with Gasteiger partial charge in [0.25, 0.3) is 0 Å². The van der Waals surface area contributed by atoms with E-state index in [4.69, 9.17) is 4.74 Å². The summed E-state index contributed by atoms with van der Waals surface area (Å²) in [5, 5.41) is 13.5. The average Bonchev–Trinajstić information content (AvgIpc) is 3.04. The molecule has 0 unspecified atom stereocenters. The zero-order chi connectivity index (χ0) is 17.6. The predicted molar refractivity (Wildman–Crippen MR) is 94.7 cm³/mol. The molecule has 0 aliphatic heterocycles. The lowest BCUT2D eigenvalue weighted by atomic mass is 10.2. The van der Waals surface area contributed by atoms with Crippen LogP contribution in [0.2, 0.25) is 0 Å². The summed E-state index contributed by atoms with van der Waals surface area (Å²) in [7, 11) is 1.47. The third-order valence-corrected chi connectivity index (χ3v) is 3.71. The van der Waals surface area contributed by atoms with E-state index in [0.717, 1.165) is 11.0 Å². The van der Waals surface area contributed by atoms with Crippen LogP contribution in [0.3, 0.4) is 0 Å². The Bertz CT molecular complexity index is 918.